The lowest BCUT2D eigenvalue weighted by Crippen LogP contribution is -2.49. The number of nitrogens with one attached hydrogen (secondary N) is 3. The number of H-pyrrole nitrogens is 1. The molecule has 9 nitrogen and oxygen atoms in total. The molecule has 0 spiro atoms. The van der Waals surface area contributed by atoms with Gasteiger partial charge in [0.05, 0.1) is 22.5 Å². The Kier molecular flexibility index (Phi) is 8.04. The van der Waals surface area contributed by atoms with Crippen LogP contribution in [0.25, 0.3) is 10.2 Å². The summed E-state index contributed by atoms with van der Waals surface area (Å²) in [4.78, 5) is 30.0. The van der Waals surface area contributed by atoms with Gasteiger partial charge in [-0.15, -0.1) is 11.3 Å². The van der Waals surface area contributed by atoms with Crippen molar-refractivity contribution in [3.05, 3.63) is 41.5 Å². The number of para-hydroxylation sites is 1. The number of unbranched alkanes of at least 4 members (excludes halogenated alkanes) is 1. The predicted molar refractivity (Wildman–Crippen MR) is 128 cm³/mol. The van der Waals surface area contributed by atoms with Crippen LogP contribution in [0, 0.1) is 5.41 Å². The number of amides is 2. The Labute approximate surface area is 197 Å². The molecule has 0 fully saturated rings. The zero-order valence-electron chi connectivity index (χ0n) is 19.3. The summed E-state index contributed by atoms with van der Waals surface area (Å²) >= 11 is 1.48. The topological polar surface area (TPSA) is 129 Å². The van der Waals surface area contributed by atoms with Crippen molar-refractivity contribution in [3.8, 4) is 0 Å². The third-order valence-corrected chi connectivity index (χ3v) is 6.21. The van der Waals surface area contributed by atoms with E-state index in [2.05, 4.69) is 25.8 Å². The average Bonchev–Trinajstić information content (AvgIpc) is 3.43. The van der Waals surface area contributed by atoms with E-state index in [4.69, 9.17) is 4.74 Å². The molecule has 4 N–H and O–H groups in total. The minimum atomic E-state index is -1.46. The number of anilines is 1. The zero-order chi connectivity index (χ0) is 24.0. The molecule has 0 aliphatic carbocycles. The van der Waals surface area contributed by atoms with Crippen LogP contribution in [0.3, 0.4) is 0 Å². The van der Waals surface area contributed by atoms with Crippen LogP contribution < -0.4 is 10.6 Å². The van der Waals surface area contributed by atoms with Gasteiger partial charge >= 0.3 is 6.09 Å². The van der Waals surface area contributed by atoms with E-state index in [9.17, 15) is 14.7 Å². The number of thiazole rings is 1. The number of aromatic nitrogens is 3. The van der Waals surface area contributed by atoms with E-state index < -0.39 is 35.7 Å². The fourth-order valence-corrected chi connectivity index (χ4v) is 4.58. The molecule has 3 rings (SSSR count). The van der Waals surface area contributed by atoms with Gasteiger partial charge in [-0.1, -0.05) is 52.7 Å². The number of benzene rings is 1. The third-order valence-electron chi connectivity index (χ3n) is 5.13. The second-order valence-electron chi connectivity index (χ2n) is 8.97. The molecule has 3 aromatic rings. The number of hydrogen-bond acceptors (Lipinski definition) is 7. The number of alkyl carbamates (subject to hydrolysis) is 1. The highest BCUT2D eigenvalue weighted by atomic mass is 32.1. The quantitative estimate of drug-likeness (QED) is 0.365. The summed E-state index contributed by atoms with van der Waals surface area (Å²) in [6, 6.07) is 8.52. The molecule has 0 saturated heterocycles. The molecule has 0 radical (unpaired) electrons. The van der Waals surface area contributed by atoms with Crippen LogP contribution in [0.2, 0.25) is 0 Å². The van der Waals surface area contributed by atoms with E-state index in [0.29, 0.717) is 17.2 Å². The minimum absolute atomic E-state index is 0.361. The Morgan fingerprint density at radius 2 is 2.00 bits per heavy atom. The number of aliphatic hydroxyl groups is 1. The van der Waals surface area contributed by atoms with Crippen molar-refractivity contribution in [2.45, 2.75) is 65.2 Å². The van der Waals surface area contributed by atoms with Gasteiger partial charge in [-0.05, 0) is 18.6 Å². The van der Waals surface area contributed by atoms with E-state index in [1.807, 2.05) is 52.0 Å². The van der Waals surface area contributed by atoms with Gasteiger partial charge in [0.15, 0.2) is 12.2 Å². The van der Waals surface area contributed by atoms with Crippen molar-refractivity contribution >= 4 is 39.4 Å². The van der Waals surface area contributed by atoms with E-state index >= 15 is 0 Å². The molecule has 2 amide bonds. The molecule has 2 heterocycles. The van der Waals surface area contributed by atoms with Crippen LogP contribution in [0.1, 0.15) is 58.1 Å². The average molecular weight is 474 g/mol. The molecule has 10 heteroatoms. The highest BCUT2D eigenvalue weighted by molar-refractivity contribution is 7.18. The lowest BCUT2D eigenvalue weighted by atomic mass is 9.89. The Hall–Kier alpha value is -2.98. The van der Waals surface area contributed by atoms with Crippen molar-refractivity contribution in [2.24, 2.45) is 5.41 Å². The summed E-state index contributed by atoms with van der Waals surface area (Å²) in [5.74, 6) is -0.279. The van der Waals surface area contributed by atoms with Crippen LogP contribution in [0.4, 0.5) is 10.6 Å². The number of carbonyl (C=O) groups is 2. The standard InChI is InChI=1S/C23H31N5O4S/c1-5-6-9-15(18(29)20(30)27-17-12-13-24-28-17)26-22(31)32-19(23(2,3)4)21-25-14-10-7-8-11-16(14)33-21/h7-8,10-13,15,18-19,29H,5-6,9H2,1-4H3,(H,26,31)(H2,24,27,28,30)/t15-,18-,19+/m0/s1. The van der Waals surface area contributed by atoms with Gasteiger partial charge in [-0.25, -0.2) is 9.78 Å². The number of ether oxygens (including phenoxy) is 1. The van der Waals surface area contributed by atoms with Gasteiger partial charge in [-0.3, -0.25) is 9.89 Å². The molecular formula is C23H31N5O4S. The summed E-state index contributed by atoms with van der Waals surface area (Å²) in [5.41, 5.74) is 0.434. The molecule has 178 valence electrons. The number of fused-ring (bicyclic) bond motifs is 1. The maximum atomic E-state index is 12.9. The monoisotopic (exact) mass is 473 g/mol. The molecule has 0 unspecified atom stereocenters. The van der Waals surface area contributed by atoms with Gasteiger partial charge in [-0.2, -0.15) is 5.10 Å². The summed E-state index contributed by atoms with van der Waals surface area (Å²) in [7, 11) is 0. The van der Waals surface area contributed by atoms with E-state index in [1.165, 1.54) is 17.5 Å². The van der Waals surface area contributed by atoms with Gasteiger partial charge in [0, 0.05) is 11.5 Å². The number of nitrogens with zero attached hydrogens (tertiary/aromatic N) is 2. The number of rotatable bonds is 9. The second kappa shape index (κ2) is 10.8. The van der Waals surface area contributed by atoms with Crippen LogP contribution in [0.15, 0.2) is 36.5 Å². The number of hydrogen-bond donors (Lipinski definition) is 4. The largest absolute Gasteiger partial charge is 0.438 e. The Morgan fingerprint density at radius 3 is 2.64 bits per heavy atom. The molecular weight excluding hydrogens is 442 g/mol. The zero-order valence-corrected chi connectivity index (χ0v) is 20.1. The lowest BCUT2D eigenvalue weighted by Gasteiger charge is -2.30. The second-order valence-corrected chi connectivity index (χ2v) is 10.0. The fraction of sp³-hybridized carbons (Fsp3) is 0.478. The molecule has 0 saturated carbocycles. The first-order valence-corrected chi connectivity index (χ1v) is 11.8. The number of aliphatic hydroxyl groups excluding tert-OH is 1. The van der Waals surface area contributed by atoms with Gasteiger partial charge in [0.2, 0.25) is 0 Å². The normalized spacial score (nSPS) is 14.5. The summed E-state index contributed by atoms with van der Waals surface area (Å²) < 4.78 is 6.83. The number of aromatic amines is 1. The number of carbonyl (C=O) groups excluding carboxylic acids is 2. The minimum Gasteiger partial charge on any atom is -0.438 e. The van der Waals surface area contributed by atoms with Crippen molar-refractivity contribution in [1.29, 1.82) is 0 Å². The Bertz CT molecular complexity index is 1030. The summed E-state index contributed by atoms with van der Waals surface area (Å²) in [5, 5.41) is 22.9. The highest BCUT2D eigenvalue weighted by Crippen LogP contribution is 2.39. The van der Waals surface area contributed by atoms with E-state index in [1.54, 1.807) is 6.07 Å². The summed E-state index contributed by atoms with van der Waals surface area (Å²) in [6.45, 7) is 7.91. The molecule has 0 aliphatic rings. The van der Waals surface area contributed by atoms with E-state index in [0.717, 1.165) is 23.1 Å². The SMILES string of the molecule is CCCC[C@H](NC(=O)O[C@H](c1nc2ccccc2s1)C(C)(C)C)[C@H](O)C(=O)Nc1ccn[nH]1. The molecule has 0 aliphatic heterocycles. The molecule has 33 heavy (non-hydrogen) atoms. The first-order chi connectivity index (χ1) is 15.7. The van der Waals surface area contributed by atoms with Crippen LogP contribution in [-0.2, 0) is 9.53 Å². The molecule has 2 aromatic heterocycles. The maximum Gasteiger partial charge on any atom is 0.408 e. The van der Waals surface area contributed by atoms with E-state index in [-0.39, 0.29) is 0 Å². The van der Waals surface area contributed by atoms with Crippen molar-refractivity contribution in [1.82, 2.24) is 20.5 Å². The smallest absolute Gasteiger partial charge is 0.408 e. The van der Waals surface area contributed by atoms with Crippen molar-refractivity contribution in [2.75, 3.05) is 5.32 Å². The highest BCUT2D eigenvalue weighted by Gasteiger charge is 2.35. The first kappa shape index (κ1) is 24.7. The van der Waals surface area contributed by atoms with Crippen LogP contribution in [-0.4, -0.2) is 44.4 Å². The van der Waals surface area contributed by atoms with Crippen LogP contribution >= 0.6 is 11.3 Å². The third kappa shape index (κ3) is 6.52. The molecule has 0 bridgehead atoms. The fourth-order valence-electron chi connectivity index (χ4n) is 3.34. The Morgan fingerprint density at radius 1 is 1.24 bits per heavy atom. The van der Waals surface area contributed by atoms with Gasteiger partial charge in [0.1, 0.15) is 10.8 Å². The molecule has 3 atom stereocenters. The lowest BCUT2D eigenvalue weighted by molar-refractivity contribution is -0.125. The Balaban J connectivity index is 1.73. The summed E-state index contributed by atoms with van der Waals surface area (Å²) in [6.07, 6.45) is 0.716. The van der Waals surface area contributed by atoms with Crippen molar-refractivity contribution < 1.29 is 19.4 Å². The molecule has 1 aromatic carbocycles. The first-order valence-electron chi connectivity index (χ1n) is 11.0. The van der Waals surface area contributed by atoms with Crippen LogP contribution in [0.5, 0.6) is 0 Å². The van der Waals surface area contributed by atoms with Gasteiger partial charge in [0.25, 0.3) is 5.91 Å². The van der Waals surface area contributed by atoms with Gasteiger partial charge < -0.3 is 20.5 Å². The predicted octanol–water partition coefficient (Wildman–Crippen LogP) is 4.39. The van der Waals surface area contributed by atoms with Crippen molar-refractivity contribution in [3.63, 3.8) is 0 Å². The maximum absolute atomic E-state index is 12.9.